The Kier molecular flexibility index (Phi) is 5.15. The van der Waals surface area contributed by atoms with E-state index >= 15 is 0 Å². The van der Waals surface area contributed by atoms with Crippen LogP contribution in [0, 0.1) is 0 Å². The quantitative estimate of drug-likeness (QED) is 0.641. The lowest BCUT2D eigenvalue weighted by atomic mass is 10.1. The molecule has 0 aliphatic rings. The summed E-state index contributed by atoms with van der Waals surface area (Å²) in [7, 11) is 0. The highest BCUT2D eigenvalue weighted by Crippen LogP contribution is 2.31. The summed E-state index contributed by atoms with van der Waals surface area (Å²) in [5, 5.41) is 2.60. The highest BCUT2D eigenvalue weighted by molar-refractivity contribution is 9.10. The first kappa shape index (κ1) is 14.5. The number of carbonyl (C=O) groups is 2. The summed E-state index contributed by atoms with van der Waals surface area (Å²) in [5.74, 6) is -0.180. The van der Waals surface area contributed by atoms with Crippen molar-refractivity contribution in [2.24, 2.45) is 0 Å². The Morgan fingerprint density at radius 1 is 1.44 bits per heavy atom. The van der Waals surface area contributed by atoms with Crippen LogP contribution in [0.25, 0.3) is 0 Å². The number of nitrogen functional groups attached to an aromatic ring is 1. The van der Waals surface area contributed by atoms with Crippen LogP contribution in [0.15, 0.2) is 16.6 Å². The predicted octanol–water partition coefficient (Wildman–Crippen LogP) is 1.75. The number of nitrogens with one attached hydrogen (secondary N) is 1. The number of amides is 1. The largest absolute Gasteiger partial charge is 0.481 e. The van der Waals surface area contributed by atoms with E-state index in [1.54, 1.807) is 12.1 Å². The van der Waals surface area contributed by atoms with Gasteiger partial charge in [-0.1, -0.05) is 15.9 Å². The number of nitrogens with two attached hydrogens (primary N) is 1. The number of halogens is 1. The van der Waals surface area contributed by atoms with Gasteiger partial charge in [-0.3, -0.25) is 9.59 Å². The average molecular weight is 315 g/mol. The molecule has 0 aliphatic heterocycles. The Labute approximate surface area is 114 Å². The lowest BCUT2D eigenvalue weighted by molar-refractivity contribution is -0.122. The summed E-state index contributed by atoms with van der Waals surface area (Å²) >= 11 is 3.25. The van der Waals surface area contributed by atoms with Gasteiger partial charge in [0.25, 0.3) is 5.91 Å². The number of rotatable bonds is 5. The smallest absolute Gasteiger partial charge is 0.257 e. The second-order valence-electron chi connectivity index (χ2n) is 3.67. The molecule has 0 saturated carbocycles. The van der Waals surface area contributed by atoms with Crippen LogP contribution in [-0.2, 0) is 4.79 Å². The summed E-state index contributed by atoms with van der Waals surface area (Å²) in [6.45, 7) is 3.59. The predicted molar refractivity (Wildman–Crippen MR) is 72.7 cm³/mol. The number of anilines is 1. The molecule has 0 aromatic heterocycles. The summed E-state index contributed by atoms with van der Waals surface area (Å²) in [6, 6.07) is 3.24. The van der Waals surface area contributed by atoms with Crippen molar-refractivity contribution in [2.75, 3.05) is 18.9 Å². The molecule has 98 valence electrons. The summed E-state index contributed by atoms with van der Waals surface area (Å²) in [4.78, 5) is 22.8. The first-order valence-electron chi connectivity index (χ1n) is 5.45. The number of hydrogen-bond acceptors (Lipinski definition) is 4. The van der Waals surface area contributed by atoms with E-state index in [-0.39, 0.29) is 24.0 Å². The lowest BCUT2D eigenvalue weighted by Crippen LogP contribution is -2.28. The standard InChI is InChI=1S/C12H15BrN2O3/c1-3-15-11(17)6-18-12-9(7(2)16)4-8(13)5-10(12)14/h4-5H,3,6,14H2,1-2H3,(H,15,17). The normalized spacial score (nSPS) is 9.94. The lowest BCUT2D eigenvalue weighted by Gasteiger charge is -2.12. The molecular formula is C12H15BrN2O3. The zero-order valence-corrected chi connectivity index (χ0v) is 11.8. The second-order valence-corrected chi connectivity index (χ2v) is 4.59. The van der Waals surface area contributed by atoms with Crippen LogP contribution in [0.3, 0.4) is 0 Å². The van der Waals surface area contributed by atoms with Crippen molar-refractivity contribution < 1.29 is 14.3 Å². The third-order valence-corrected chi connectivity index (χ3v) is 2.64. The van der Waals surface area contributed by atoms with Gasteiger partial charge in [-0.25, -0.2) is 0 Å². The number of hydrogen-bond donors (Lipinski definition) is 2. The molecule has 0 bridgehead atoms. The fraction of sp³-hybridized carbons (Fsp3) is 0.333. The molecular weight excluding hydrogens is 300 g/mol. The van der Waals surface area contributed by atoms with Crippen molar-refractivity contribution in [3.63, 3.8) is 0 Å². The fourth-order valence-corrected chi connectivity index (χ4v) is 1.90. The molecule has 0 spiro atoms. The van der Waals surface area contributed by atoms with E-state index in [1.807, 2.05) is 6.92 Å². The Bertz CT molecular complexity index is 475. The van der Waals surface area contributed by atoms with Gasteiger partial charge >= 0.3 is 0 Å². The van der Waals surface area contributed by atoms with E-state index in [9.17, 15) is 9.59 Å². The Morgan fingerprint density at radius 3 is 2.67 bits per heavy atom. The monoisotopic (exact) mass is 314 g/mol. The zero-order valence-electron chi connectivity index (χ0n) is 10.2. The molecule has 1 aromatic rings. The molecule has 18 heavy (non-hydrogen) atoms. The van der Waals surface area contributed by atoms with Crippen LogP contribution in [0.2, 0.25) is 0 Å². The molecule has 5 nitrogen and oxygen atoms in total. The molecule has 0 radical (unpaired) electrons. The summed E-state index contributed by atoms with van der Waals surface area (Å²) in [5.41, 5.74) is 6.45. The first-order valence-corrected chi connectivity index (χ1v) is 6.24. The van der Waals surface area contributed by atoms with Crippen molar-refractivity contribution in [3.8, 4) is 5.75 Å². The van der Waals surface area contributed by atoms with Crippen LogP contribution in [-0.4, -0.2) is 24.8 Å². The highest BCUT2D eigenvalue weighted by atomic mass is 79.9. The number of carbonyl (C=O) groups excluding carboxylic acids is 2. The van der Waals surface area contributed by atoms with Gasteiger partial charge in [0.1, 0.15) is 0 Å². The maximum atomic E-state index is 11.5. The zero-order chi connectivity index (χ0) is 13.7. The van der Waals surface area contributed by atoms with Gasteiger partial charge in [0.05, 0.1) is 11.3 Å². The van der Waals surface area contributed by atoms with Crippen molar-refractivity contribution >= 4 is 33.3 Å². The molecule has 0 atom stereocenters. The number of ketones is 1. The molecule has 0 saturated heterocycles. The summed E-state index contributed by atoms with van der Waals surface area (Å²) in [6.07, 6.45) is 0. The molecule has 1 rings (SSSR count). The SMILES string of the molecule is CCNC(=O)COc1c(N)cc(Br)cc1C(C)=O. The first-order chi connectivity index (χ1) is 8.45. The Morgan fingerprint density at radius 2 is 2.11 bits per heavy atom. The van der Waals surface area contributed by atoms with Crippen molar-refractivity contribution in [3.05, 3.63) is 22.2 Å². The van der Waals surface area contributed by atoms with Gasteiger partial charge in [-0.2, -0.15) is 0 Å². The maximum absolute atomic E-state index is 11.5. The van der Waals surface area contributed by atoms with E-state index in [2.05, 4.69) is 21.2 Å². The number of benzene rings is 1. The van der Waals surface area contributed by atoms with Crippen LogP contribution < -0.4 is 15.8 Å². The Balaban J connectivity index is 2.93. The maximum Gasteiger partial charge on any atom is 0.257 e. The minimum Gasteiger partial charge on any atom is -0.481 e. The molecule has 6 heteroatoms. The molecule has 0 aliphatic carbocycles. The van der Waals surface area contributed by atoms with Crippen LogP contribution in [0.4, 0.5) is 5.69 Å². The molecule has 0 unspecified atom stereocenters. The van der Waals surface area contributed by atoms with Gasteiger partial charge in [0.2, 0.25) is 0 Å². The Hall–Kier alpha value is -1.56. The third kappa shape index (κ3) is 3.73. The van der Waals surface area contributed by atoms with E-state index in [4.69, 9.17) is 10.5 Å². The van der Waals surface area contributed by atoms with Gasteiger partial charge in [-0.05, 0) is 26.0 Å². The number of ether oxygens (including phenoxy) is 1. The van der Waals surface area contributed by atoms with E-state index < -0.39 is 0 Å². The van der Waals surface area contributed by atoms with Gasteiger partial charge in [0, 0.05) is 11.0 Å². The van der Waals surface area contributed by atoms with Crippen molar-refractivity contribution in [2.45, 2.75) is 13.8 Å². The fourth-order valence-electron chi connectivity index (χ4n) is 1.42. The molecule has 0 fully saturated rings. The van der Waals surface area contributed by atoms with Gasteiger partial charge in [0.15, 0.2) is 18.1 Å². The van der Waals surface area contributed by atoms with Crippen molar-refractivity contribution in [1.82, 2.24) is 5.32 Å². The minimum atomic E-state index is -0.255. The van der Waals surface area contributed by atoms with Crippen LogP contribution >= 0.6 is 15.9 Å². The van der Waals surface area contributed by atoms with Gasteiger partial charge in [-0.15, -0.1) is 0 Å². The van der Waals surface area contributed by atoms with E-state index in [0.29, 0.717) is 22.3 Å². The van der Waals surface area contributed by atoms with Gasteiger partial charge < -0.3 is 15.8 Å². The number of Topliss-reactive ketones (excluding diaryl/α,β-unsaturated/α-hetero) is 1. The second kappa shape index (κ2) is 6.39. The third-order valence-electron chi connectivity index (χ3n) is 2.18. The molecule has 1 amide bonds. The van der Waals surface area contributed by atoms with Crippen LogP contribution in [0.5, 0.6) is 5.75 Å². The molecule has 0 heterocycles. The van der Waals surface area contributed by atoms with Crippen LogP contribution in [0.1, 0.15) is 24.2 Å². The minimum absolute atomic E-state index is 0.167. The number of likely N-dealkylation sites (N-methyl/N-ethyl adjacent to an activating group) is 1. The summed E-state index contributed by atoms with van der Waals surface area (Å²) < 4.78 is 6.01. The highest BCUT2D eigenvalue weighted by Gasteiger charge is 2.14. The van der Waals surface area contributed by atoms with Crippen molar-refractivity contribution in [1.29, 1.82) is 0 Å². The topological polar surface area (TPSA) is 81.4 Å². The van der Waals surface area contributed by atoms with E-state index in [0.717, 1.165) is 0 Å². The average Bonchev–Trinajstić information content (AvgIpc) is 2.27. The van der Waals surface area contributed by atoms with E-state index in [1.165, 1.54) is 6.92 Å². The molecule has 1 aromatic carbocycles. The molecule has 3 N–H and O–H groups in total.